The summed E-state index contributed by atoms with van der Waals surface area (Å²) in [5.74, 6) is -1.13. The number of carbonyl (C=O) groups excluding carboxylic acids is 3. The summed E-state index contributed by atoms with van der Waals surface area (Å²) in [6.07, 6.45) is 0. The number of rotatable bonds is 6. The van der Waals surface area contributed by atoms with Gasteiger partial charge in [0.05, 0.1) is 6.54 Å². The molecule has 0 unspecified atom stereocenters. The van der Waals surface area contributed by atoms with Gasteiger partial charge in [0, 0.05) is 21.2 Å². The predicted octanol–water partition coefficient (Wildman–Crippen LogP) is 1.44. The lowest BCUT2D eigenvalue weighted by molar-refractivity contribution is -0.117. The minimum Gasteiger partial charge on any atom is -0.368 e. The lowest BCUT2D eigenvalue weighted by Gasteiger charge is -2.07. The van der Waals surface area contributed by atoms with Crippen molar-refractivity contribution < 1.29 is 14.4 Å². The number of benzene rings is 2. The Balaban J connectivity index is 1.91. The van der Waals surface area contributed by atoms with Crippen LogP contribution >= 0.6 is 22.6 Å². The number of nitrogens with one attached hydrogen (secondary N) is 2. The molecule has 0 atom stereocenters. The van der Waals surface area contributed by atoms with Crippen LogP contribution in [0.15, 0.2) is 48.5 Å². The number of amides is 3. The second-order valence-electron chi connectivity index (χ2n) is 5.04. The number of hydrogen-bond acceptors (Lipinski definition) is 3. The Kier molecular flexibility index (Phi) is 6.30. The molecule has 0 saturated heterocycles. The van der Waals surface area contributed by atoms with Gasteiger partial charge in [0.2, 0.25) is 5.91 Å². The third kappa shape index (κ3) is 5.34. The zero-order valence-electron chi connectivity index (χ0n) is 12.7. The fourth-order valence-electron chi connectivity index (χ4n) is 1.96. The van der Waals surface area contributed by atoms with Gasteiger partial charge >= 0.3 is 0 Å². The number of hydrogen-bond donors (Lipinski definition) is 3. The van der Waals surface area contributed by atoms with E-state index in [9.17, 15) is 14.4 Å². The van der Waals surface area contributed by atoms with E-state index in [4.69, 9.17) is 5.73 Å². The highest BCUT2D eigenvalue weighted by Crippen LogP contribution is 2.09. The highest BCUT2D eigenvalue weighted by atomic mass is 127. The van der Waals surface area contributed by atoms with Crippen LogP contribution in [0.3, 0.4) is 0 Å². The third-order valence-electron chi connectivity index (χ3n) is 3.18. The van der Waals surface area contributed by atoms with Crippen molar-refractivity contribution in [3.05, 3.63) is 68.8 Å². The largest absolute Gasteiger partial charge is 0.368 e. The van der Waals surface area contributed by atoms with E-state index in [-0.39, 0.29) is 18.4 Å². The van der Waals surface area contributed by atoms with Gasteiger partial charge in [0.15, 0.2) is 0 Å². The predicted molar refractivity (Wildman–Crippen MR) is 98.3 cm³/mol. The van der Waals surface area contributed by atoms with Crippen molar-refractivity contribution in [1.82, 2.24) is 10.6 Å². The number of carbonyl (C=O) groups is 3. The summed E-state index contributed by atoms with van der Waals surface area (Å²) in [6, 6.07) is 14.1. The van der Waals surface area contributed by atoms with Crippen LogP contribution < -0.4 is 16.4 Å². The number of primary amides is 1. The van der Waals surface area contributed by atoms with E-state index < -0.39 is 5.91 Å². The second-order valence-corrected chi connectivity index (χ2v) is 6.28. The Morgan fingerprint density at radius 3 is 2.21 bits per heavy atom. The van der Waals surface area contributed by atoms with Crippen LogP contribution in [-0.2, 0) is 11.3 Å². The third-order valence-corrected chi connectivity index (χ3v) is 3.85. The summed E-state index contributed by atoms with van der Waals surface area (Å²) in [5.41, 5.74) is 6.86. The highest BCUT2D eigenvalue weighted by molar-refractivity contribution is 14.1. The van der Waals surface area contributed by atoms with E-state index in [0.717, 1.165) is 9.13 Å². The molecule has 0 spiro atoms. The molecule has 4 N–H and O–H groups in total. The van der Waals surface area contributed by atoms with Crippen LogP contribution in [0.4, 0.5) is 0 Å². The van der Waals surface area contributed by atoms with Gasteiger partial charge in [0.1, 0.15) is 0 Å². The Morgan fingerprint density at radius 2 is 1.58 bits per heavy atom. The fourth-order valence-corrected chi connectivity index (χ4v) is 2.50. The van der Waals surface area contributed by atoms with Crippen LogP contribution in [0.1, 0.15) is 26.3 Å². The van der Waals surface area contributed by atoms with E-state index >= 15 is 0 Å². The normalized spacial score (nSPS) is 10.0. The summed E-state index contributed by atoms with van der Waals surface area (Å²) in [7, 11) is 0. The van der Waals surface area contributed by atoms with Crippen LogP contribution in [0.2, 0.25) is 0 Å². The van der Waals surface area contributed by atoms with Gasteiger partial charge in [-0.15, -0.1) is 0 Å². The monoisotopic (exact) mass is 437 g/mol. The molecule has 2 aromatic rings. The summed E-state index contributed by atoms with van der Waals surface area (Å²) < 4.78 is 0.992. The fraction of sp³-hybridized carbons (Fsp3) is 0.118. The molecule has 2 rings (SSSR count). The van der Waals surface area contributed by atoms with Gasteiger partial charge in [-0.1, -0.05) is 18.2 Å². The quantitative estimate of drug-likeness (QED) is 0.597. The van der Waals surface area contributed by atoms with Crippen molar-refractivity contribution in [1.29, 1.82) is 0 Å². The molecule has 6 nitrogen and oxygen atoms in total. The van der Waals surface area contributed by atoms with Crippen LogP contribution in [0, 0.1) is 3.57 Å². The van der Waals surface area contributed by atoms with E-state index in [1.807, 2.05) is 18.2 Å². The first kappa shape index (κ1) is 17.9. The van der Waals surface area contributed by atoms with Gasteiger partial charge in [-0.05, 0) is 58.5 Å². The maximum atomic E-state index is 12.1. The topological polar surface area (TPSA) is 101 Å². The number of nitrogens with two attached hydrogens (primary N) is 1. The minimum absolute atomic E-state index is 0.156. The summed E-state index contributed by atoms with van der Waals surface area (Å²) >= 11 is 2.15. The number of halogens is 1. The van der Waals surface area contributed by atoms with E-state index in [1.54, 1.807) is 30.3 Å². The average molecular weight is 437 g/mol. The van der Waals surface area contributed by atoms with Gasteiger partial charge in [0.25, 0.3) is 11.8 Å². The molecule has 3 amide bonds. The van der Waals surface area contributed by atoms with Crippen molar-refractivity contribution in [3.63, 3.8) is 0 Å². The molecule has 0 aliphatic heterocycles. The van der Waals surface area contributed by atoms with Crippen molar-refractivity contribution in [2.24, 2.45) is 5.73 Å². The summed E-state index contributed by atoms with van der Waals surface area (Å²) in [5, 5.41) is 5.24. The van der Waals surface area contributed by atoms with Gasteiger partial charge in [-0.2, -0.15) is 0 Å². The van der Waals surface area contributed by atoms with Crippen molar-refractivity contribution in [2.45, 2.75) is 6.54 Å². The van der Waals surface area contributed by atoms with Crippen molar-refractivity contribution in [2.75, 3.05) is 6.54 Å². The molecule has 0 aliphatic carbocycles. The minimum atomic E-state index is -0.599. The zero-order chi connectivity index (χ0) is 17.5. The molecule has 124 valence electrons. The summed E-state index contributed by atoms with van der Waals surface area (Å²) in [4.78, 5) is 34.5. The standard InChI is InChI=1S/C17H16IN3O3/c18-14-3-1-2-13(8-14)17(24)20-9-11-4-6-12(7-5-11)16(23)21-10-15(19)22/h1-8H,9-10H2,(H2,19,22)(H,20,24)(H,21,23). The first-order valence-corrected chi connectivity index (χ1v) is 8.23. The first-order chi connectivity index (χ1) is 11.5. The molecule has 0 aliphatic rings. The van der Waals surface area contributed by atoms with Crippen LogP contribution in [-0.4, -0.2) is 24.3 Å². The van der Waals surface area contributed by atoms with Gasteiger partial charge in [-0.3, -0.25) is 14.4 Å². The van der Waals surface area contributed by atoms with E-state index in [1.165, 1.54) is 0 Å². The van der Waals surface area contributed by atoms with Crippen molar-refractivity contribution >= 4 is 40.3 Å². The molecule has 0 bridgehead atoms. The van der Waals surface area contributed by atoms with Crippen LogP contribution in [0.25, 0.3) is 0 Å². The molecular formula is C17H16IN3O3. The molecule has 7 heteroatoms. The Hall–Kier alpha value is -2.42. The van der Waals surface area contributed by atoms with Gasteiger partial charge < -0.3 is 16.4 Å². The Morgan fingerprint density at radius 1 is 0.917 bits per heavy atom. The average Bonchev–Trinajstić information content (AvgIpc) is 2.58. The molecule has 24 heavy (non-hydrogen) atoms. The lowest BCUT2D eigenvalue weighted by atomic mass is 10.1. The molecule has 0 aromatic heterocycles. The first-order valence-electron chi connectivity index (χ1n) is 7.15. The van der Waals surface area contributed by atoms with Gasteiger partial charge in [-0.25, -0.2) is 0 Å². The maximum Gasteiger partial charge on any atom is 0.251 e. The SMILES string of the molecule is NC(=O)CNC(=O)c1ccc(CNC(=O)c2cccc(I)c2)cc1. The lowest BCUT2D eigenvalue weighted by Crippen LogP contribution is -2.33. The summed E-state index contributed by atoms with van der Waals surface area (Å²) in [6.45, 7) is 0.153. The van der Waals surface area contributed by atoms with E-state index in [0.29, 0.717) is 17.7 Å². The maximum absolute atomic E-state index is 12.1. The molecule has 2 aromatic carbocycles. The Bertz CT molecular complexity index is 760. The Labute approximate surface area is 152 Å². The second kappa shape index (κ2) is 8.44. The van der Waals surface area contributed by atoms with Crippen LogP contribution in [0.5, 0.6) is 0 Å². The highest BCUT2D eigenvalue weighted by Gasteiger charge is 2.08. The smallest absolute Gasteiger partial charge is 0.251 e. The molecule has 0 fully saturated rings. The molecule has 0 radical (unpaired) electrons. The molecule has 0 heterocycles. The zero-order valence-corrected chi connectivity index (χ0v) is 14.9. The molecule has 0 saturated carbocycles. The molecular weight excluding hydrogens is 421 g/mol. The van der Waals surface area contributed by atoms with Crippen molar-refractivity contribution in [3.8, 4) is 0 Å². The van der Waals surface area contributed by atoms with E-state index in [2.05, 4.69) is 33.2 Å².